The second-order valence-corrected chi connectivity index (χ2v) is 6.08. The van der Waals surface area contributed by atoms with E-state index in [0.29, 0.717) is 5.25 Å². The van der Waals surface area contributed by atoms with E-state index in [4.69, 9.17) is 5.26 Å². The molecule has 1 aliphatic heterocycles. The standard InChI is InChI=1S/C16H13FN2S/c17-15-6-5-13(7-12(15)9-18)19-10-14-8-11-3-1-2-4-16(11)20-14/h1-7,14,19H,8,10H2. The summed E-state index contributed by atoms with van der Waals surface area (Å²) in [6, 6.07) is 14.8. The average Bonchev–Trinajstić information content (AvgIpc) is 2.89. The molecule has 2 aromatic rings. The quantitative estimate of drug-likeness (QED) is 0.930. The summed E-state index contributed by atoms with van der Waals surface area (Å²) in [4.78, 5) is 1.34. The molecule has 0 fully saturated rings. The molecule has 0 aromatic heterocycles. The minimum atomic E-state index is -0.472. The van der Waals surface area contributed by atoms with Gasteiger partial charge in [0.25, 0.3) is 0 Å². The molecular formula is C16H13FN2S. The van der Waals surface area contributed by atoms with Crippen LogP contribution in [0.3, 0.4) is 0 Å². The SMILES string of the molecule is N#Cc1cc(NCC2Cc3ccccc3S2)ccc1F. The Bertz CT molecular complexity index is 653. The summed E-state index contributed by atoms with van der Waals surface area (Å²) in [5, 5.41) is 12.6. The lowest BCUT2D eigenvalue weighted by molar-refractivity contribution is 0.624. The van der Waals surface area contributed by atoms with Crippen molar-refractivity contribution in [3.8, 4) is 6.07 Å². The zero-order valence-corrected chi connectivity index (χ0v) is 11.6. The van der Waals surface area contributed by atoms with Gasteiger partial charge in [0.15, 0.2) is 0 Å². The topological polar surface area (TPSA) is 35.8 Å². The monoisotopic (exact) mass is 284 g/mol. The fraction of sp³-hybridized carbons (Fsp3) is 0.188. The van der Waals surface area contributed by atoms with Gasteiger partial charge in [-0.3, -0.25) is 0 Å². The lowest BCUT2D eigenvalue weighted by Crippen LogP contribution is -2.15. The van der Waals surface area contributed by atoms with Gasteiger partial charge in [0, 0.05) is 22.4 Å². The normalized spacial score (nSPS) is 16.5. The first-order valence-electron chi connectivity index (χ1n) is 6.44. The van der Waals surface area contributed by atoms with Crippen molar-refractivity contribution in [1.82, 2.24) is 0 Å². The fourth-order valence-electron chi connectivity index (χ4n) is 2.32. The van der Waals surface area contributed by atoms with Gasteiger partial charge in [-0.25, -0.2) is 4.39 Å². The van der Waals surface area contributed by atoms with Crippen molar-refractivity contribution in [3.05, 3.63) is 59.4 Å². The molecule has 1 N–H and O–H groups in total. The molecule has 0 aliphatic carbocycles. The molecule has 0 saturated carbocycles. The third-order valence-electron chi connectivity index (χ3n) is 3.33. The number of halogens is 1. The van der Waals surface area contributed by atoms with Crippen LogP contribution in [0.1, 0.15) is 11.1 Å². The Morgan fingerprint density at radius 1 is 1.30 bits per heavy atom. The molecule has 2 nitrogen and oxygen atoms in total. The van der Waals surface area contributed by atoms with E-state index in [1.165, 1.54) is 16.5 Å². The van der Waals surface area contributed by atoms with Crippen molar-refractivity contribution in [1.29, 1.82) is 5.26 Å². The van der Waals surface area contributed by atoms with Crippen molar-refractivity contribution >= 4 is 17.4 Å². The number of hydrogen-bond acceptors (Lipinski definition) is 3. The maximum absolute atomic E-state index is 13.2. The Morgan fingerprint density at radius 2 is 2.15 bits per heavy atom. The van der Waals surface area contributed by atoms with Crippen LogP contribution in [0, 0.1) is 17.1 Å². The second kappa shape index (κ2) is 5.56. The van der Waals surface area contributed by atoms with Crippen LogP contribution in [-0.4, -0.2) is 11.8 Å². The predicted octanol–water partition coefficient (Wildman–Crippen LogP) is 3.83. The molecule has 4 heteroatoms. The maximum atomic E-state index is 13.2. The number of hydrogen-bond donors (Lipinski definition) is 1. The molecule has 0 radical (unpaired) electrons. The first-order chi connectivity index (χ1) is 9.76. The van der Waals surface area contributed by atoms with Crippen molar-refractivity contribution in [2.45, 2.75) is 16.6 Å². The first kappa shape index (κ1) is 13.0. The zero-order chi connectivity index (χ0) is 13.9. The maximum Gasteiger partial charge on any atom is 0.141 e. The van der Waals surface area contributed by atoms with Gasteiger partial charge in [0.1, 0.15) is 11.9 Å². The highest BCUT2D eigenvalue weighted by Gasteiger charge is 2.21. The Labute approximate surface area is 121 Å². The summed E-state index contributed by atoms with van der Waals surface area (Å²) in [6.45, 7) is 0.801. The lowest BCUT2D eigenvalue weighted by atomic mass is 10.1. The Hall–Kier alpha value is -1.99. The summed E-state index contributed by atoms with van der Waals surface area (Å²) in [5.74, 6) is -0.472. The number of nitrogens with zero attached hydrogens (tertiary/aromatic N) is 1. The molecule has 0 spiro atoms. The Balaban J connectivity index is 1.63. The number of rotatable bonds is 3. The van der Waals surface area contributed by atoms with Crippen LogP contribution in [-0.2, 0) is 6.42 Å². The highest BCUT2D eigenvalue weighted by molar-refractivity contribution is 8.00. The summed E-state index contributed by atoms with van der Waals surface area (Å²) >= 11 is 1.87. The smallest absolute Gasteiger partial charge is 0.141 e. The minimum absolute atomic E-state index is 0.0809. The van der Waals surface area contributed by atoms with E-state index in [2.05, 4.69) is 29.6 Å². The Morgan fingerprint density at radius 3 is 2.95 bits per heavy atom. The summed E-state index contributed by atoms with van der Waals surface area (Å²) in [6.07, 6.45) is 1.04. The van der Waals surface area contributed by atoms with E-state index in [1.54, 1.807) is 12.1 Å². The fourth-order valence-corrected chi connectivity index (χ4v) is 3.57. The molecule has 3 rings (SSSR count). The molecule has 100 valence electrons. The molecule has 0 saturated heterocycles. The zero-order valence-electron chi connectivity index (χ0n) is 10.8. The Kier molecular flexibility index (Phi) is 3.62. The van der Waals surface area contributed by atoms with E-state index in [0.717, 1.165) is 18.7 Å². The summed E-state index contributed by atoms with van der Waals surface area (Å²) < 4.78 is 13.2. The highest BCUT2D eigenvalue weighted by Crippen LogP contribution is 2.36. The van der Waals surface area contributed by atoms with Crippen LogP contribution in [0.5, 0.6) is 0 Å². The number of anilines is 1. The molecular weight excluding hydrogens is 271 g/mol. The molecule has 0 bridgehead atoms. The van der Waals surface area contributed by atoms with Crippen molar-refractivity contribution in [3.63, 3.8) is 0 Å². The van der Waals surface area contributed by atoms with Crippen molar-refractivity contribution in [2.24, 2.45) is 0 Å². The molecule has 1 atom stereocenters. The van der Waals surface area contributed by atoms with Gasteiger partial charge in [-0.05, 0) is 36.2 Å². The second-order valence-electron chi connectivity index (χ2n) is 4.74. The molecule has 0 amide bonds. The van der Waals surface area contributed by atoms with E-state index in [9.17, 15) is 4.39 Å². The third-order valence-corrected chi connectivity index (χ3v) is 4.65. The van der Waals surface area contributed by atoms with E-state index in [-0.39, 0.29) is 5.56 Å². The van der Waals surface area contributed by atoms with Gasteiger partial charge in [0.05, 0.1) is 5.56 Å². The van der Waals surface area contributed by atoms with Crippen LogP contribution in [0.2, 0.25) is 0 Å². The van der Waals surface area contributed by atoms with Crippen LogP contribution >= 0.6 is 11.8 Å². The number of fused-ring (bicyclic) bond motifs is 1. The van der Waals surface area contributed by atoms with E-state index in [1.807, 2.05) is 17.8 Å². The first-order valence-corrected chi connectivity index (χ1v) is 7.32. The largest absolute Gasteiger partial charge is 0.384 e. The minimum Gasteiger partial charge on any atom is -0.384 e. The van der Waals surface area contributed by atoms with Crippen LogP contribution in [0.4, 0.5) is 10.1 Å². The number of thioether (sulfide) groups is 1. The van der Waals surface area contributed by atoms with Gasteiger partial charge in [-0.2, -0.15) is 5.26 Å². The molecule has 20 heavy (non-hydrogen) atoms. The molecule has 1 aliphatic rings. The third kappa shape index (κ3) is 2.63. The van der Waals surface area contributed by atoms with E-state index >= 15 is 0 Å². The van der Waals surface area contributed by atoms with Gasteiger partial charge in [-0.15, -0.1) is 11.8 Å². The number of nitrogens with one attached hydrogen (secondary N) is 1. The van der Waals surface area contributed by atoms with Gasteiger partial charge in [-0.1, -0.05) is 18.2 Å². The van der Waals surface area contributed by atoms with Gasteiger partial charge < -0.3 is 5.32 Å². The summed E-state index contributed by atoms with van der Waals surface area (Å²) in [7, 11) is 0. The van der Waals surface area contributed by atoms with Crippen molar-refractivity contribution < 1.29 is 4.39 Å². The van der Waals surface area contributed by atoms with Crippen LogP contribution in [0.15, 0.2) is 47.4 Å². The van der Waals surface area contributed by atoms with E-state index < -0.39 is 5.82 Å². The average molecular weight is 284 g/mol. The number of nitriles is 1. The number of benzene rings is 2. The molecule has 1 heterocycles. The highest BCUT2D eigenvalue weighted by atomic mass is 32.2. The molecule has 1 unspecified atom stereocenters. The van der Waals surface area contributed by atoms with Gasteiger partial charge >= 0.3 is 0 Å². The predicted molar refractivity (Wildman–Crippen MR) is 79.4 cm³/mol. The van der Waals surface area contributed by atoms with Crippen LogP contribution < -0.4 is 5.32 Å². The van der Waals surface area contributed by atoms with Crippen molar-refractivity contribution in [2.75, 3.05) is 11.9 Å². The molecule has 2 aromatic carbocycles. The lowest BCUT2D eigenvalue weighted by Gasteiger charge is -2.11. The van der Waals surface area contributed by atoms with Crippen LogP contribution in [0.25, 0.3) is 0 Å². The summed E-state index contributed by atoms with van der Waals surface area (Å²) in [5.41, 5.74) is 2.26. The van der Waals surface area contributed by atoms with Gasteiger partial charge in [0.2, 0.25) is 0 Å².